The second-order valence-electron chi connectivity index (χ2n) is 5.25. The van der Waals surface area contributed by atoms with Crippen LogP contribution in [-0.2, 0) is 20.6 Å². The molecule has 1 aromatic rings. The highest BCUT2D eigenvalue weighted by Gasteiger charge is 2.40. The summed E-state index contributed by atoms with van der Waals surface area (Å²) in [5.41, 5.74) is 0.442. The van der Waals surface area contributed by atoms with Crippen LogP contribution in [0.3, 0.4) is 0 Å². The zero-order valence-corrected chi connectivity index (χ0v) is 14.1. The zero-order chi connectivity index (χ0) is 15.2. The Morgan fingerprint density at radius 2 is 1.81 bits per heavy atom. The van der Waals surface area contributed by atoms with E-state index in [1.54, 1.807) is 0 Å². The molecular weight excluding hydrogens is 357 g/mol. The molecule has 21 heavy (non-hydrogen) atoms. The van der Waals surface area contributed by atoms with E-state index in [1.165, 1.54) is 16.4 Å². The normalized spacial score (nSPS) is 26.2. The first kappa shape index (κ1) is 15.8. The van der Waals surface area contributed by atoms with E-state index >= 15 is 0 Å². The molecule has 1 aromatic carbocycles. The van der Waals surface area contributed by atoms with Crippen LogP contribution in [0.5, 0.6) is 0 Å². The van der Waals surface area contributed by atoms with Gasteiger partial charge in [-0.2, -0.15) is 4.31 Å². The number of nitrogens with zero attached hydrogens (tertiary/aromatic N) is 1. The molecule has 0 saturated carbocycles. The summed E-state index contributed by atoms with van der Waals surface area (Å²) in [6.07, 6.45) is 1.77. The molecule has 2 saturated heterocycles. The first-order valence-corrected chi connectivity index (χ1v) is 9.35. The smallest absolute Gasteiger partial charge is 0.244 e. The molecule has 8 heteroatoms. The highest BCUT2D eigenvalue weighted by molar-refractivity contribution is 7.89. The van der Waals surface area contributed by atoms with Crippen molar-refractivity contribution in [1.82, 2.24) is 4.31 Å². The molecule has 2 aliphatic rings. The lowest BCUT2D eigenvalue weighted by Crippen LogP contribution is -2.45. The number of alkyl halides is 1. The maximum atomic E-state index is 12.8. The second-order valence-corrected chi connectivity index (χ2v) is 8.21. The van der Waals surface area contributed by atoms with Gasteiger partial charge >= 0.3 is 0 Å². The van der Waals surface area contributed by atoms with Crippen molar-refractivity contribution in [2.75, 3.05) is 13.1 Å². The van der Waals surface area contributed by atoms with Gasteiger partial charge in [0.05, 0.1) is 23.1 Å². The number of morpholine rings is 1. The Hall–Kier alpha value is -0.0400. The predicted molar refractivity (Wildman–Crippen MR) is 82.7 cm³/mol. The van der Waals surface area contributed by atoms with Crippen LogP contribution in [0, 0.1) is 0 Å². The van der Waals surface area contributed by atoms with E-state index in [9.17, 15) is 8.42 Å². The first-order chi connectivity index (χ1) is 9.93. The van der Waals surface area contributed by atoms with Crippen molar-refractivity contribution in [1.29, 1.82) is 0 Å². The van der Waals surface area contributed by atoms with Crippen LogP contribution in [0.15, 0.2) is 17.0 Å². The van der Waals surface area contributed by atoms with Gasteiger partial charge in [0, 0.05) is 23.7 Å². The average Bonchev–Trinajstić information content (AvgIpc) is 2.77. The Bertz CT molecular complexity index is 653. The van der Waals surface area contributed by atoms with Crippen molar-refractivity contribution in [3.8, 4) is 0 Å². The van der Waals surface area contributed by atoms with Gasteiger partial charge in [0.2, 0.25) is 10.0 Å². The predicted octanol–water partition coefficient (Wildman–Crippen LogP) is 3.28. The highest BCUT2D eigenvalue weighted by atomic mass is 35.5. The number of sulfonamides is 1. The van der Waals surface area contributed by atoms with Gasteiger partial charge in [0.1, 0.15) is 4.90 Å². The van der Waals surface area contributed by atoms with Crippen LogP contribution in [-0.4, -0.2) is 38.0 Å². The molecule has 0 spiro atoms. The van der Waals surface area contributed by atoms with Gasteiger partial charge in [-0.15, -0.1) is 11.6 Å². The minimum Gasteiger partial charge on any atom is -0.372 e. The van der Waals surface area contributed by atoms with Crippen molar-refractivity contribution in [3.05, 3.63) is 27.7 Å². The highest BCUT2D eigenvalue weighted by Crippen LogP contribution is 2.36. The van der Waals surface area contributed by atoms with E-state index in [4.69, 9.17) is 39.5 Å². The van der Waals surface area contributed by atoms with E-state index in [0.717, 1.165) is 12.8 Å². The molecule has 116 valence electrons. The molecule has 2 unspecified atom stereocenters. The summed E-state index contributed by atoms with van der Waals surface area (Å²) in [4.78, 5) is 0.0607. The Morgan fingerprint density at radius 1 is 1.19 bits per heavy atom. The first-order valence-electron chi connectivity index (χ1n) is 6.62. The van der Waals surface area contributed by atoms with Crippen molar-refractivity contribution < 1.29 is 13.2 Å². The van der Waals surface area contributed by atoms with Crippen LogP contribution in [0.2, 0.25) is 10.0 Å². The fourth-order valence-electron chi connectivity index (χ4n) is 2.81. The van der Waals surface area contributed by atoms with Crippen LogP contribution in [0.4, 0.5) is 0 Å². The van der Waals surface area contributed by atoms with Gasteiger partial charge in [0.15, 0.2) is 0 Å². The molecule has 2 bridgehead atoms. The van der Waals surface area contributed by atoms with Gasteiger partial charge in [-0.05, 0) is 25.0 Å². The van der Waals surface area contributed by atoms with Gasteiger partial charge in [0.25, 0.3) is 0 Å². The molecule has 3 rings (SSSR count). The second kappa shape index (κ2) is 5.87. The van der Waals surface area contributed by atoms with E-state index < -0.39 is 10.0 Å². The van der Waals surface area contributed by atoms with Gasteiger partial charge in [-0.1, -0.05) is 23.2 Å². The van der Waals surface area contributed by atoms with Gasteiger partial charge < -0.3 is 4.74 Å². The SMILES string of the molecule is O=S(=O)(c1ccc(Cl)c(CCl)c1Cl)N1CC2CCC(C1)O2. The van der Waals surface area contributed by atoms with E-state index in [1.807, 2.05) is 0 Å². The number of hydrogen-bond acceptors (Lipinski definition) is 3. The number of halogens is 3. The Labute approximate surface area is 139 Å². The topological polar surface area (TPSA) is 46.6 Å². The minimum absolute atomic E-state index is 0.0166. The molecule has 2 aliphatic heterocycles. The lowest BCUT2D eigenvalue weighted by molar-refractivity contribution is -0.0114. The number of rotatable bonds is 3. The fourth-order valence-corrected chi connectivity index (χ4v) is 5.61. The monoisotopic (exact) mass is 369 g/mol. The van der Waals surface area contributed by atoms with E-state index in [-0.39, 0.29) is 28.0 Å². The van der Waals surface area contributed by atoms with Gasteiger partial charge in [-0.3, -0.25) is 0 Å². The summed E-state index contributed by atoms with van der Waals surface area (Å²) in [6.45, 7) is 0.738. The number of ether oxygens (including phenoxy) is 1. The third kappa shape index (κ3) is 2.80. The molecule has 2 atom stereocenters. The largest absolute Gasteiger partial charge is 0.372 e. The molecule has 4 nitrogen and oxygen atoms in total. The third-order valence-electron chi connectivity index (χ3n) is 3.91. The quantitative estimate of drug-likeness (QED) is 0.767. The summed E-state index contributed by atoms with van der Waals surface area (Å²) in [7, 11) is -3.66. The van der Waals surface area contributed by atoms with E-state index in [2.05, 4.69) is 0 Å². The summed E-state index contributed by atoms with van der Waals surface area (Å²) in [5, 5.41) is 0.479. The Morgan fingerprint density at radius 3 is 2.38 bits per heavy atom. The number of fused-ring (bicyclic) bond motifs is 2. The van der Waals surface area contributed by atoms with Crippen molar-refractivity contribution in [2.45, 2.75) is 35.8 Å². The fraction of sp³-hybridized carbons (Fsp3) is 0.538. The lowest BCUT2D eigenvalue weighted by atomic mass is 10.2. The van der Waals surface area contributed by atoms with Crippen LogP contribution < -0.4 is 0 Å². The van der Waals surface area contributed by atoms with Gasteiger partial charge in [-0.25, -0.2) is 8.42 Å². The van der Waals surface area contributed by atoms with Crippen molar-refractivity contribution in [3.63, 3.8) is 0 Å². The number of hydrogen-bond donors (Lipinski definition) is 0. The molecular formula is C13H14Cl3NO3S. The molecule has 0 radical (unpaired) electrons. The summed E-state index contributed by atoms with van der Waals surface area (Å²) < 4.78 is 32.7. The summed E-state index contributed by atoms with van der Waals surface area (Å²) >= 11 is 18.0. The van der Waals surface area contributed by atoms with Crippen molar-refractivity contribution >= 4 is 44.8 Å². The average molecular weight is 371 g/mol. The molecule has 0 N–H and O–H groups in total. The minimum atomic E-state index is -3.66. The molecule has 0 aromatic heterocycles. The Balaban J connectivity index is 1.99. The maximum Gasteiger partial charge on any atom is 0.244 e. The lowest BCUT2D eigenvalue weighted by Gasteiger charge is -2.31. The molecule has 2 fully saturated rings. The third-order valence-corrected chi connectivity index (χ3v) is 6.95. The van der Waals surface area contributed by atoms with Crippen LogP contribution >= 0.6 is 34.8 Å². The zero-order valence-electron chi connectivity index (χ0n) is 11.1. The standard InChI is InChI=1S/C13H14Cl3NO3S/c14-5-10-11(15)3-4-12(13(10)16)21(18,19)17-6-8-1-2-9(7-17)20-8/h3-4,8-9H,1-2,5-7H2. The summed E-state index contributed by atoms with van der Waals surface area (Å²) in [5.74, 6) is 0.0649. The molecule has 0 aliphatic carbocycles. The molecule has 0 amide bonds. The Kier molecular flexibility index (Phi) is 4.43. The van der Waals surface area contributed by atoms with Crippen LogP contribution in [0.25, 0.3) is 0 Å². The van der Waals surface area contributed by atoms with Crippen LogP contribution in [0.1, 0.15) is 18.4 Å². The molecule has 2 heterocycles. The summed E-state index contributed by atoms with van der Waals surface area (Å²) in [6, 6.07) is 2.96. The van der Waals surface area contributed by atoms with Crippen molar-refractivity contribution in [2.24, 2.45) is 0 Å². The maximum absolute atomic E-state index is 12.8. The van der Waals surface area contributed by atoms with E-state index in [0.29, 0.717) is 23.7 Å². The number of benzene rings is 1.